The largest absolute Gasteiger partial charge is 0.488 e. The van der Waals surface area contributed by atoms with Crippen molar-refractivity contribution in [1.82, 2.24) is 14.5 Å². The van der Waals surface area contributed by atoms with E-state index in [0.29, 0.717) is 13.0 Å². The molecule has 1 unspecified atom stereocenters. The van der Waals surface area contributed by atoms with E-state index >= 15 is 0 Å². The summed E-state index contributed by atoms with van der Waals surface area (Å²) in [6, 6.07) is 11.9. The number of pyridine rings is 1. The zero-order valence-electron chi connectivity index (χ0n) is 15.0. The minimum Gasteiger partial charge on any atom is -0.488 e. The third kappa shape index (κ3) is 3.43. The molecule has 1 aliphatic rings. The third-order valence-electron chi connectivity index (χ3n) is 5.00. The first-order valence-corrected chi connectivity index (χ1v) is 9.08. The van der Waals surface area contributed by atoms with E-state index in [2.05, 4.69) is 27.9 Å². The number of carbonyl (C=O) groups is 1. The maximum Gasteiger partial charge on any atom is 0.227 e. The highest BCUT2D eigenvalue weighted by Gasteiger charge is 2.25. The fourth-order valence-electron chi connectivity index (χ4n) is 3.71. The van der Waals surface area contributed by atoms with Crippen molar-refractivity contribution >= 4 is 16.8 Å². The maximum atomic E-state index is 12.9. The fraction of sp³-hybridized carbons (Fsp3) is 0.333. The Kier molecular flexibility index (Phi) is 4.61. The molecule has 1 aromatic carbocycles. The van der Waals surface area contributed by atoms with E-state index in [1.807, 2.05) is 36.2 Å². The lowest BCUT2D eigenvalue weighted by molar-refractivity contribution is -0.133. The molecule has 134 valence electrons. The van der Waals surface area contributed by atoms with Crippen LogP contribution in [0.2, 0.25) is 0 Å². The first kappa shape index (κ1) is 16.6. The fourth-order valence-corrected chi connectivity index (χ4v) is 3.71. The number of carbonyl (C=O) groups excluding carboxylic acids is 1. The molecule has 1 aliphatic heterocycles. The topological polar surface area (TPSA) is 47.4 Å². The van der Waals surface area contributed by atoms with Crippen LogP contribution in [0.25, 0.3) is 10.9 Å². The number of aromatic nitrogens is 2. The van der Waals surface area contributed by atoms with Crippen molar-refractivity contribution in [1.29, 1.82) is 0 Å². The maximum absolute atomic E-state index is 12.9. The van der Waals surface area contributed by atoms with E-state index < -0.39 is 0 Å². The van der Waals surface area contributed by atoms with Gasteiger partial charge in [0.2, 0.25) is 5.91 Å². The number of nitrogens with zero attached hydrogens (tertiary/aromatic N) is 3. The Morgan fingerprint density at radius 1 is 1.23 bits per heavy atom. The third-order valence-corrected chi connectivity index (χ3v) is 5.00. The average molecular weight is 349 g/mol. The summed E-state index contributed by atoms with van der Waals surface area (Å²) >= 11 is 0. The van der Waals surface area contributed by atoms with Crippen molar-refractivity contribution < 1.29 is 9.53 Å². The average Bonchev–Trinajstić information content (AvgIpc) is 2.99. The first-order valence-electron chi connectivity index (χ1n) is 9.08. The number of amides is 1. The number of hydrogen-bond acceptors (Lipinski definition) is 3. The van der Waals surface area contributed by atoms with Crippen LogP contribution in [0.3, 0.4) is 0 Å². The number of piperidine rings is 1. The molecule has 0 N–H and O–H groups in total. The second-order valence-corrected chi connectivity index (χ2v) is 6.86. The second kappa shape index (κ2) is 7.20. The minimum atomic E-state index is 0.0441. The molecule has 3 aromatic rings. The molecule has 0 bridgehead atoms. The second-order valence-electron chi connectivity index (χ2n) is 6.86. The molecular formula is C21H23N3O2. The summed E-state index contributed by atoms with van der Waals surface area (Å²) < 4.78 is 8.11. The van der Waals surface area contributed by atoms with E-state index in [1.165, 1.54) is 0 Å². The van der Waals surface area contributed by atoms with Gasteiger partial charge in [-0.1, -0.05) is 18.2 Å². The number of ether oxygens (including phenoxy) is 1. The number of rotatable bonds is 4. The molecule has 3 heterocycles. The molecule has 2 aromatic heterocycles. The van der Waals surface area contributed by atoms with Crippen LogP contribution in [0.5, 0.6) is 5.75 Å². The predicted molar refractivity (Wildman–Crippen MR) is 101 cm³/mol. The summed E-state index contributed by atoms with van der Waals surface area (Å²) in [7, 11) is 2.02. The summed E-state index contributed by atoms with van der Waals surface area (Å²) in [4.78, 5) is 18.8. The number of benzene rings is 1. The molecule has 26 heavy (non-hydrogen) atoms. The van der Waals surface area contributed by atoms with E-state index in [4.69, 9.17) is 4.74 Å². The molecule has 1 amide bonds. The molecule has 1 fully saturated rings. The Morgan fingerprint density at radius 2 is 2.04 bits per heavy atom. The highest BCUT2D eigenvalue weighted by Crippen LogP contribution is 2.23. The molecule has 1 saturated heterocycles. The van der Waals surface area contributed by atoms with Gasteiger partial charge in [0.1, 0.15) is 11.9 Å². The number of aryl methyl sites for hydroxylation is 1. The van der Waals surface area contributed by atoms with Crippen LogP contribution in [0, 0.1) is 0 Å². The van der Waals surface area contributed by atoms with Crippen LogP contribution in [-0.2, 0) is 18.3 Å². The van der Waals surface area contributed by atoms with Crippen LogP contribution in [0.15, 0.2) is 55.0 Å². The normalized spacial score (nSPS) is 17.4. The highest BCUT2D eigenvalue weighted by atomic mass is 16.5. The molecule has 0 radical (unpaired) electrons. The zero-order chi connectivity index (χ0) is 17.9. The van der Waals surface area contributed by atoms with E-state index in [0.717, 1.165) is 41.6 Å². The Balaban J connectivity index is 1.44. The summed E-state index contributed by atoms with van der Waals surface area (Å²) in [5.74, 6) is 0.984. The Morgan fingerprint density at radius 3 is 2.88 bits per heavy atom. The van der Waals surface area contributed by atoms with Gasteiger partial charge in [0.05, 0.1) is 13.0 Å². The summed E-state index contributed by atoms with van der Waals surface area (Å²) in [5, 5.41) is 1.16. The highest BCUT2D eigenvalue weighted by molar-refractivity contribution is 5.89. The number of hydrogen-bond donors (Lipinski definition) is 0. The van der Waals surface area contributed by atoms with Crippen molar-refractivity contribution in [3.8, 4) is 5.75 Å². The van der Waals surface area contributed by atoms with Gasteiger partial charge in [-0.15, -0.1) is 0 Å². The van der Waals surface area contributed by atoms with Gasteiger partial charge in [0.15, 0.2) is 0 Å². The van der Waals surface area contributed by atoms with Gasteiger partial charge in [-0.05, 0) is 36.6 Å². The molecule has 0 aliphatic carbocycles. The number of likely N-dealkylation sites (tertiary alicyclic amines) is 1. The lowest BCUT2D eigenvalue weighted by atomic mass is 10.1. The van der Waals surface area contributed by atoms with Gasteiger partial charge in [0.25, 0.3) is 0 Å². The molecule has 1 atom stereocenters. The van der Waals surface area contributed by atoms with Crippen LogP contribution in [0.1, 0.15) is 18.4 Å². The quantitative estimate of drug-likeness (QED) is 0.727. The van der Waals surface area contributed by atoms with Gasteiger partial charge < -0.3 is 14.2 Å². The first-order chi connectivity index (χ1) is 12.7. The number of para-hydroxylation sites is 1. The molecule has 5 heteroatoms. The van der Waals surface area contributed by atoms with Crippen molar-refractivity contribution in [2.24, 2.45) is 7.05 Å². The number of fused-ring (bicyclic) bond motifs is 1. The summed E-state index contributed by atoms with van der Waals surface area (Å²) in [6.07, 6.45) is 7.93. The molecular weight excluding hydrogens is 326 g/mol. The van der Waals surface area contributed by atoms with Gasteiger partial charge in [-0.3, -0.25) is 9.78 Å². The lowest BCUT2D eigenvalue weighted by Gasteiger charge is -2.33. The summed E-state index contributed by atoms with van der Waals surface area (Å²) in [5.41, 5.74) is 2.25. The van der Waals surface area contributed by atoms with Gasteiger partial charge >= 0.3 is 0 Å². The Hall–Kier alpha value is -2.82. The monoisotopic (exact) mass is 349 g/mol. The van der Waals surface area contributed by atoms with Gasteiger partial charge in [0, 0.05) is 43.1 Å². The van der Waals surface area contributed by atoms with Crippen molar-refractivity contribution in [3.05, 3.63) is 60.6 Å². The van der Waals surface area contributed by atoms with Crippen LogP contribution in [0.4, 0.5) is 0 Å². The lowest BCUT2D eigenvalue weighted by Crippen LogP contribution is -2.45. The van der Waals surface area contributed by atoms with Crippen molar-refractivity contribution in [2.45, 2.75) is 25.4 Å². The van der Waals surface area contributed by atoms with Gasteiger partial charge in [-0.25, -0.2) is 0 Å². The van der Waals surface area contributed by atoms with Gasteiger partial charge in [-0.2, -0.15) is 0 Å². The molecule has 0 spiro atoms. The molecule has 5 nitrogen and oxygen atoms in total. The van der Waals surface area contributed by atoms with Crippen LogP contribution in [-0.4, -0.2) is 39.6 Å². The Labute approximate surface area is 153 Å². The SMILES string of the molecule is Cn1cc(CC(=O)N2CCCC(Oc3ccncc3)C2)c2ccccc21. The standard InChI is InChI=1S/C21H23N3O2/c1-23-14-16(19-6-2-3-7-20(19)23)13-21(25)24-12-4-5-18(15-24)26-17-8-10-22-11-9-17/h2-3,6-11,14,18H,4-5,12-13,15H2,1H3. The van der Waals surface area contributed by atoms with Crippen LogP contribution >= 0.6 is 0 Å². The predicted octanol–water partition coefficient (Wildman–Crippen LogP) is 3.19. The summed E-state index contributed by atoms with van der Waals surface area (Å²) in [6.45, 7) is 1.45. The zero-order valence-corrected chi connectivity index (χ0v) is 15.0. The minimum absolute atomic E-state index is 0.0441. The van der Waals surface area contributed by atoms with E-state index in [9.17, 15) is 4.79 Å². The van der Waals surface area contributed by atoms with Crippen molar-refractivity contribution in [2.75, 3.05) is 13.1 Å². The smallest absolute Gasteiger partial charge is 0.227 e. The molecule has 4 rings (SSSR count). The van der Waals surface area contributed by atoms with Crippen LogP contribution < -0.4 is 4.74 Å². The van der Waals surface area contributed by atoms with E-state index in [-0.39, 0.29) is 12.0 Å². The van der Waals surface area contributed by atoms with Crippen molar-refractivity contribution in [3.63, 3.8) is 0 Å². The molecule has 0 saturated carbocycles. The van der Waals surface area contributed by atoms with E-state index in [1.54, 1.807) is 12.4 Å². The Bertz CT molecular complexity index is 904.